The monoisotopic (exact) mass is 525 g/mol. The Kier molecular flexibility index (Phi) is 6.91. The van der Waals surface area contributed by atoms with Crippen molar-refractivity contribution >= 4 is 32.0 Å². The third kappa shape index (κ3) is 6.84. The van der Waals surface area contributed by atoms with Crippen molar-refractivity contribution in [1.29, 1.82) is 0 Å². The third-order valence-electron chi connectivity index (χ3n) is 3.86. The van der Waals surface area contributed by atoms with E-state index in [1.54, 1.807) is 38.1 Å². The number of aryl methyl sites for hydroxylation is 1. The maximum Gasteiger partial charge on any atom is 0.316 e. The normalized spacial score (nSPS) is 13.0. The molecule has 2 N–H and O–H groups in total. The number of nitrogens with zero attached hydrogens (tertiary/aromatic N) is 4. The fourth-order valence-electron chi connectivity index (χ4n) is 2.40. The standard InChI is InChI=1S/C20H23BrN6O4S/c1-3-8-26-32(28,29)27-18-17(15-4-6-16(21)7-5-15)19(25-13-24-18)30-9-10-31-20-22-11-14(2)12-23-20/h4-7,11-13,26H,3,8-10H2,1-2H3,(H,24,25,27)/i9D2,13D. The number of aromatic nitrogens is 4. The smallest absolute Gasteiger partial charge is 0.316 e. The van der Waals surface area contributed by atoms with Crippen LogP contribution in [0.25, 0.3) is 11.1 Å². The van der Waals surface area contributed by atoms with E-state index in [1.807, 2.05) is 0 Å². The molecule has 0 saturated carbocycles. The van der Waals surface area contributed by atoms with E-state index in [1.165, 1.54) is 12.4 Å². The molecule has 1 aromatic carbocycles. The number of ether oxygens (including phenoxy) is 2. The van der Waals surface area contributed by atoms with Gasteiger partial charge in [0.15, 0.2) is 5.82 Å². The maximum atomic E-state index is 12.5. The van der Waals surface area contributed by atoms with Gasteiger partial charge in [-0.15, -0.1) is 0 Å². The fraction of sp³-hybridized carbons (Fsp3) is 0.300. The zero-order valence-corrected chi connectivity index (χ0v) is 19.7. The average Bonchev–Trinajstić information content (AvgIpc) is 2.78. The Balaban J connectivity index is 1.98. The van der Waals surface area contributed by atoms with E-state index in [0.717, 1.165) is 10.0 Å². The zero-order chi connectivity index (χ0) is 25.6. The van der Waals surface area contributed by atoms with Crippen LogP contribution < -0.4 is 18.9 Å². The highest BCUT2D eigenvalue weighted by Gasteiger charge is 2.19. The van der Waals surface area contributed by atoms with E-state index >= 15 is 0 Å². The minimum absolute atomic E-state index is 0.0458. The molecule has 2 aromatic heterocycles. The molecule has 170 valence electrons. The quantitative estimate of drug-likeness (QED) is 0.390. The summed E-state index contributed by atoms with van der Waals surface area (Å²) in [7, 11) is -4.04. The fourth-order valence-corrected chi connectivity index (χ4v) is 3.62. The van der Waals surface area contributed by atoms with E-state index in [2.05, 4.69) is 45.3 Å². The summed E-state index contributed by atoms with van der Waals surface area (Å²) in [6.07, 6.45) is 3.03. The Hall–Kier alpha value is -2.83. The van der Waals surface area contributed by atoms with Crippen LogP contribution in [-0.4, -0.2) is 48.1 Å². The van der Waals surface area contributed by atoms with Crippen LogP contribution in [0.4, 0.5) is 5.82 Å². The lowest BCUT2D eigenvalue weighted by Gasteiger charge is -2.15. The Morgan fingerprint density at radius 2 is 1.84 bits per heavy atom. The van der Waals surface area contributed by atoms with E-state index in [0.29, 0.717) is 12.0 Å². The molecular formula is C20H23BrN6O4S. The Labute approximate surface area is 199 Å². The van der Waals surface area contributed by atoms with Crippen LogP contribution in [0.5, 0.6) is 11.9 Å². The molecule has 0 radical (unpaired) electrons. The lowest BCUT2D eigenvalue weighted by atomic mass is 10.1. The molecule has 0 bridgehead atoms. The van der Waals surface area contributed by atoms with E-state index in [9.17, 15) is 8.42 Å². The van der Waals surface area contributed by atoms with Crippen LogP contribution in [0.1, 0.15) is 23.0 Å². The van der Waals surface area contributed by atoms with Gasteiger partial charge in [0.1, 0.15) is 20.8 Å². The second kappa shape index (κ2) is 11.2. The first kappa shape index (κ1) is 19.8. The minimum atomic E-state index is -4.04. The number of hydrogen-bond acceptors (Lipinski definition) is 8. The van der Waals surface area contributed by atoms with Crippen LogP contribution in [0.15, 0.2) is 47.4 Å². The van der Waals surface area contributed by atoms with Crippen molar-refractivity contribution in [3.05, 3.63) is 53.0 Å². The highest BCUT2D eigenvalue weighted by Crippen LogP contribution is 2.34. The summed E-state index contributed by atoms with van der Waals surface area (Å²) < 4.78 is 65.6. The molecule has 12 heteroatoms. The topological polar surface area (TPSA) is 128 Å². The van der Waals surface area contributed by atoms with Crippen LogP contribution in [0.3, 0.4) is 0 Å². The first-order chi connectivity index (χ1) is 16.5. The maximum absolute atomic E-state index is 12.5. The third-order valence-corrected chi connectivity index (χ3v) is 5.43. The Morgan fingerprint density at radius 3 is 2.53 bits per heavy atom. The van der Waals surface area contributed by atoms with Gasteiger partial charge in [0, 0.05) is 23.4 Å². The van der Waals surface area contributed by atoms with Gasteiger partial charge in [-0.2, -0.15) is 13.1 Å². The number of halogens is 1. The lowest BCUT2D eigenvalue weighted by Crippen LogP contribution is -2.31. The summed E-state index contributed by atoms with van der Waals surface area (Å²) in [4.78, 5) is 15.7. The van der Waals surface area contributed by atoms with Gasteiger partial charge in [-0.25, -0.2) is 19.9 Å². The molecule has 0 saturated heterocycles. The van der Waals surface area contributed by atoms with E-state index < -0.39 is 29.7 Å². The summed E-state index contributed by atoms with van der Waals surface area (Å²) in [5.41, 5.74) is 1.28. The molecule has 0 fully saturated rings. The first-order valence-electron chi connectivity index (χ1n) is 11.0. The molecule has 0 atom stereocenters. The van der Waals surface area contributed by atoms with Gasteiger partial charge in [0.2, 0.25) is 5.88 Å². The number of anilines is 1. The molecule has 10 nitrogen and oxygen atoms in total. The summed E-state index contributed by atoms with van der Waals surface area (Å²) in [5, 5.41) is 0. The predicted octanol–water partition coefficient (Wildman–Crippen LogP) is 3.12. The van der Waals surface area contributed by atoms with Crippen molar-refractivity contribution in [3.8, 4) is 23.0 Å². The predicted molar refractivity (Wildman–Crippen MR) is 124 cm³/mol. The number of nitrogens with one attached hydrogen (secondary N) is 2. The Bertz CT molecular complexity index is 1270. The second-order valence-electron chi connectivity index (χ2n) is 6.44. The van der Waals surface area contributed by atoms with Crippen LogP contribution >= 0.6 is 15.9 Å². The molecule has 0 aliphatic heterocycles. The average molecular weight is 526 g/mol. The van der Waals surface area contributed by atoms with E-state index in [4.69, 9.17) is 13.6 Å². The summed E-state index contributed by atoms with van der Waals surface area (Å²) in [5.74, 6) is -0.594. The molecule has 3 aromatic rings. The molecule has 32 heavy (non-hydrogen) atoms. The van der Waals surface area contributed by atoms with Crippen molar-refractivity contribution in [3.63, 3.8) is 0 Å². The SMILES string of the molecule is [2H]c1nc(NS(=O)(=O)NCCC)c(-c2ccc(Br)cc2)c(OC([2H])([2H])COc2ncc(C)cn2)n1. The first-order valence-corrected chi connectivity index (χ1v) is 11.8. The summed E-state index contributed by atoms with van der Waals surface area (Å²) in [6, 6.07) is 6.64. The molecule has 0 aliphatic rings. The Morgan fingerprint density at radius 1 is 1.12 bits per heavy atom. The highest BCUT2D eigenvalue weighted by atomic mass is 79.9. The lowest BCUT2D eigenvalue weighted by molar-refractivity contribution is 0.202. The van der Waals surface area contributed by atoms with E-state index in [-0.39, 0.29) is 29.8 Å². The molecule has 0 spiro atoms. The molecular weight excluding hydrogens is 500 g/mol. The highest BCUT2D eigenvalue weighted by molar-refractivity contribution is 9.10. The van der Waals surface area contributed by atoms with Crippen molar-refractivity contribution in [2.75, 3.05) is 24.4 Å². The van der Waals surface area contributed by atoms with Crippen molar-refractivity contribution in [2.45, 2.75) is 20.3 Å². The largest absolute Gasteiger partial charge is 0.473 e. The van der Waals surface area contributed by atoms with Crippen LogP contribution in [-0.2, 0) is 10.2 Å². The molecule has 0 unspecified atom stereocenters. The number of rotatable bonds is 11. The van der Waals surface area contributed by atoms with Gasteiger partial charge in [0.25, 0.3) is 10.2 Å². The van der Waals surface area contributed by atoms with Crippen LogP contribution in [0, 0.1) is 6.92 Å². The number of benzene rings is 1. The van der Waals surface area contributed by atoms with Crippen molar-refractivity contribution in [1.82, 2.24) is 24.7 Å². The van der Waals surface area contributed by atoms with Crippen molar-refractivity contribution in [2.24, 2.45) is 0 Å². The summed E-state index contributed by atoms with van der Waals surface area (Å²) >= 11 is 3.34. The zero-order valence-electron chi connectivity index (χ0n) is 20.3. The minimum Gasteiger partial charge on any atom is -0.473 e. The van der Waals surface area contributed by atoms with Gasteiger partial charge in [-0.3, -0.25) is 4.72 Å². The van der Waals surface area contributed by atoms with Gasteiger partial charge in [0.05, 0.1) is 8.30 Å². The summed E-state index contributed by atoms with van der Waals surface area (Å²) in [6.45, 7) is 0.737. The second-order valence-corrected chi connectivity index (χ2v) is 8.85. The number of hydrogen-bond donors (Lipinski definition) is 2. The molecule has 2 heterocycles. The van der Waals surface area contributed by atoms with Crippen LogP contribution in [0.2, 0.25) is 0 Å². The van der Waals surface area contributed by atoms with Gasteiger partial charge < -0.3 is 9.47 Å². The van der Waals surface area contributed by atoms with Gasteiger partial charge in [-0.05, 0) is 36.6 Å². The van der Waals surface area contributed by atoms with Gasteiger partial charge in [-0.1, -0.05) is 35.0 Å². The molecule has 3 rings (SSSR count). The van der Waals surface area contributed by atoms with Crippen molar-refractivity contribution < 1.29 is 22.0 Å². The molecule has 0 amide bonds. The molecule has 0 aliphatic carbocycles. The van der Waals surface area contributed by atoms with Gasteiger partial charge >= 0.3 is 6.01 Å².